The summed E-state index contributed by atoms with van der Waals surface area (Å²) in [6.45, 7) is 7.24. The number of primary amides is 1. The molecule has 1 aliphatic rings. The highest BCUT2D eigenvalue weighted by Crippen LogP contribution is 2.39. The molecule has 2 heterocycles. The number of aromatic nitrogens is 2. The van der Waals surface area contributed by atoms with Crippen LogP contribution in [0.5, 0.6) is 5.75 Å². The first-order valence-corrected chi connectivity index (χ1v) is 13.5. The van der Waals surface area contributed by atoms with Crippen LogP contribution in [0.3, 0.4) is 0 Å². The maximum Gasteiger partial charge on any atom is 0.419 e. The number of nitrogens with two attached hydrogens (primary N) is 1. The molecule has 4 aromatic rings. The van der Waals surface area contributed by atoms with Crippen LogP contribution < -0.4 is 20.7 Å². The molecule has 220 valence electrons. The highest BCUT2D eigenvalue weighted by atomic mass is 19.4. The highest BCUT2D eigenvalue weighted by Gasteiger charge is 2.35. The normalized spacial score (nSPS) is 13.3. The minimum atomic E-state index is -4.81. The minimum Gasteiger partial charge on any atom is -0.491 e. The highest BCUT2D eigenvalue weighted by molar-refractivity contribution is 5.88. The van der Waals surface area contributed by atoms with Crippen molar-refractivity contribution in [3.05, 3.63) is 88.9 Å². The Labute approximate surface area is 240 Å². The fourth-order valence-electron chi connectivity index (χ4n) is 5.11. The van der Waals surface area contributed by atoms with Gasteiger partial charge >= 0.3 is 12.2 Å². The Morgan fingerprint density at radius 2 is 1.86 bits per heavy atom. The summed E-state index contributed by atoms with van der Waals surface area (Å²) in [5.74, 6) is -0.363. The van der Waals surface area contributed by atoms with Crippen molar-refractivity contribution in [2.24, 2.45) is 11.7 Å². The number of carbonyl (C=O) groups excluding carboxylic acids is 1. The summed E-state index contributed by atoms with van der Waals surface area (Å²) in [7, 11) is 0. The quantitative estimate of drug-likeness (QED) is 0.228. The second-order valence-corrected chi connectivity index (χ2v) is 10.7. The molecule has 42 heavy (non-hydrogen) atoms. The van der Waals surface area contributed by atoms with Crippen molar-refractivity contribution in [1.29, 1.82) is 0 Å². The lowest BCUT2D eigenvalue weighted by Crippen LogP contribution is -2.30. The molecule has 3 N–H and O–H groups in total. The number of hydrogen-bond acceptors (Lipinski definition) is 4. The van der Waals surface area contributed by atoms with Gasteiger partial charge in [-0.15, -0.1) is 0 Å². The van der Waals surface area contributed by atoms with E-state index >= 15 is 0 Å². The van der Waals surface area contributed by atoms with E-state index < -0.39 is 23.6 Å². The van der Waals surface area contributed by atoms with Gasteiger partial charge in [0, 0.05) is 42.0 Å². The Morgan fingerprint density at radius 3 is 2.52 bits per heavy atom. The predicted octanol–water partition coefficient (Wildman–Crippen LogP) is 7.09. The minimum absolute atomic E-state index is 0.253. The molecule has 0 fully saturated rings. The van der Waals surface area contributed by atoms with E-state index in [-0.39, 0.29) is 12.2 Å². The third kappa shape index (κ3) is 5.90. The van der Waals surface area contributed by atoms with Crippen LogP contribution in [0.2, 0.25) is 0 Å². The lowest BCUT2D eigenvalue weighted by molar-refractivity contribution is -0.139. The van der Waals surface area contributed by atoms with Gasteiger partial charge in [-0.2, -0.15) is 18.3 Å². The van der Waals surface area contributed by atoms with Gasteiger partial charge < -0.3 is 20.7 Å². The Hall–Kier alpha value is -4.54. The molecule has 0 bridgehead atoms. The van der Waals surface area contributed by atoms with Gasteiger partial charge in [-0.05, 0) is 54.8 Å². The van der Waals surface area contributed by atoms with Crippen LogP contribution in [0, 0.1) is 18.7 Å². The topological polar surface area (TPSA) is 85.4 Å². The van der Waals surface area contributed by atoms with Crippen LogP contribution in [0.4, 0.5) is 33.7 Å². The molecule has 5 rings (SSSR count). The van der Waals surface area contributed by atoms with Crippen molar-refractivity contribution in [2.45, 2.75) is 39.9 Å². The van der Waals surface area contributed by atoms with E-state index in [0.717, 1.165) is 45.9 Å². The fraction of sp³-hybridized carbons (Fsp3) is 0.290. The average molecular weight is 582 g/mol. The van der Waals surface area contributed by atoms with E-state index in [1.807, 2.05) is 41.9 Å². The molecule has 3 aromatic carbocycles. The molecule has 0 spiro atoms. The standard InChI is InChI=1S/C31H31F4N5O2/c1-18(2)17-42-27-6-4-5-19(3)28(27)40-29(20-7-9-21(10-8-20)37-30(36)41)23-16-39(14-13-26(23)38-40)22-11-12-25(32)24(15-22)31(33,34)35/h4-12,15,18H,13-14,16-17H2,1-3H3,(H3,36,37,41). The number of hydrogen-bond donors (Lipinski definition) is 2. The summed E-state index contributed by atoms with van der Waals surface area (Å²) in [4.78, 5) is 13.2. The zero-order valence-electron chi connectivity index (χ0n) is 23.4. The van der Waals surface area contributed by atoms with Gasteiger partial charge in [0.15, 0.2) is 0 Å². The van der Waals surface area contributed by atoms with Crippen LogP contribution in [-0.4, -0.2) is 29.0 Å². The molecule has 0 unspecified atom stereocenters. The zero-order valence-corrected chi connectivity index (χ0v) is 23.4. The number of alkyl halides is 3. The SMILES string of the molecule is Cc1cccc(OCC(C)C)c1-n1nc2c(c1-c1ccc(NC(N)=O)cc1)CN(c1ccc(F)c(C(F)(F)F)c1)CC2. The fourth-order valence-corrected chi connectivity index (χ4v) is 5.11. The van der Waals surface area contributed by atoms with Crippen LogP contribution in [0.1, 0.15) is 36.2 Å². The smallest absolute Gasteiger partial charge is 0.419 e. The molecule has 11 heteroatoms. The maximum atomic E-state index is 14.1. The van der Waals surface area contributed by atoms with E-state index in [4.69, 9.17) is 15.6 Å². The van der Waals surface area contributed by atoms with Gasteiger partial charge in [0.05, 0.1) is 23.6 Å². The van der Waals surface area contributed by atoms with Crippen molar-refractivity contribution in [3.63, 3.8) is 0 Å². The Morgan fingerprint density at radius 1 is 1.12 bits per heavy atom. The predicted molar refractivity (Wildman–Crippen MR) is 153 cm³/mol. The summed E-state index contributed by atoms with van der Waals surface area (Å²) in [5.41, 5.74) is 9.57. The van der Waals surface area contributed by atoms with Gasteiger partial charge in [0.25, 0.3) is 0 Å². The molecular weight excluding hydrogens is 550 g/mol. The Kier molecular flexibility index (Phi) is 7.85. The summed E-state index contributed by atoms with van der Waals surface area (Å²) in [5, 5.41) is 7.54. The largest absolute Gasteiger partial charge is 0.491 e. The van der Waals surface area contributed by atoms with E-state index in [1.165, 1.54) is 6.07 Å². The molecule has 2 amide bonds. The van der Waals surface area contributed by atoms with E-state index in [9.17, 15) is 22.4 Å². The number of anilines is 2. The number of para-hydroxylation sites is 1. The molecule has 0 aliphatic carbocycles. The van der Waals surface area contributed by atoms with E-state index in [1.54, 1.807) is 17.0 Å². The second-order valence-electron chi connectivity index (χ2n) is 10.7. The number of rotatable bonds is 7. The van der Waals surface area contributed by atoms with Crippen LogP contribution in [0.15, 0.2) is 60.7 Å². The number of urea groups is 1. The monoisotopic (exact) mass is 581 g/mol. The lowest BCUT2D eigenvalue weighted by atomic mass is 9.99. The number of carbonyl (C=O) groups is 1. The van der Waals surface area contributed by atoms with Crippen LogP contribution >= 0.6 is 0 Å². The number of nitrogens with one attached hydrogen (secondary N) is 1. The summed E-state index contributed by atoms with van der Waals surface area (Å²) in [6, 6.07) is 15.2. The maximum absolute atomic E-state index is 14.1. The number of benzene rings is 3. The van der Waals surface area contributed by atoms with Crippen molar-refractivity contribution in [2.75, 3.05) is 23.4 Å². The van der Waals surface area contributed by atoms with E-state index in [0.29, 0.717) is 36.9 Å². The molecule has 0 saturated heterocycles. The average Bonchev–Trinajstić information content (AvgIpc) is 3.29. The number of aryl methyl sites for hydroxylation is 1. The first-order valence-electron chi connectivity index (χ1n) is 13.5. The van der Waals surface area contributed by atoms with Gasteiger partial charge in [-0.25, -0.2) is 13.9 Å². The Bertz CT molecular complexity index is 1610. The molecule has 1 aliphatic heterocycles. The van der Waals surface area contributed by atoms with Gasteiger partial charge in [-0.1, -0.05) is 38.1 Å². The summed E-state index contributed by atoms with van der Waals surface area (Å²) < 4.78 is 62.6. The van der Waals surface area contributed by atoms with Crippen molar-refractivity contribution < 1.29 is 27.1 Å². The molecule has 0 atom stereocenters. The van der Waals surface area contributed by atoms with E-state index in [2.05, 4.69) is 19.2 Å². The molecule has 0 radical (unpaired) electrons. The third-order valence-corrected chi connectivity index (χ3v) is 7.07. The first kappa shape index (κ1) is 29.0. The summed E-state index contributed by atoms with van der Waals surface area (Å²) >= 11 is 0. The molecular formula is C31H31F4N5O2. The summed E-state index contributed by atoms with van der Waals surface area (Å²) in [6.07, 6.45) is -4.35. The second kappa shape index (κ2) is 11.4. The number of halogens is 4. The lowest BCUT2D eigenvalue weighted by Gasteiger charge is -2.29. The number of amides is 2. The first-order chi connectivity index (χ1) is 19.9. The van der Waals surface area contributed by atoms with Gasteiger partial charge in [-0.3, -0.25) is 0 Å². The third-order valence-electron chi connectivity index (χ3n) is 7.07. The Balaban J connectivity index is 1.64. The number of nitrogens with zero attached hydrogens (tertiary/aromatic N) is 3. The molecule has 1 aromatic heterocycles. The van der Waals surface area contributed by atoms with Crippen molar-refractivity contribution >= 4 is 17.4 Å². The number of ether oxygens (including phenoxy) is 1. The van der Waals surface area contributed by atoms with Crippen molar-refractivity contribution in [1.82, 2.24) is 9.78 Å². The van der Waals surface area contributed by atoms with Crippen molar-refractivity contribution in [3.8, 4) is 22.7 Å². The zero-order chi connectivity index (χ0) is 30.2. The molecule has 7 nitrogen and oxygen atoms in total. The van der Waals surface area contributed by atoms with Gasteiger partial charge in [0.1, 0.15) is 17.3 Å². The molecule has 0 saturated carbocycles. The number of fused-ring (bicyclic) bond motifs is 1. The van der Waals surface area contributed by atoms with Crippen LogP contribution in [-0.2, 0) is 19.1 Å². The van der Waals surface area contributed by atoms with Crippen LogP contribution in [0.25, 0.3) is 16.9 Å². The van der Waals surface area contributed by atoms with Gasteiger partial charge in [0.2, 0.25) is 0 Å².